The molecule has 4 heteroatoms. The third-order valence-corrected chi connectivity index (χ3v) is 3.69. The Balaban J connectivity index is 2.06. The summed E-state index contributed by atoms with van der Waals surface area (Å²) in [4.78, 5) is 23.4. The number of carbonyl (C=O) groups is 2. The molecule has 1 amide bonds. The van der Waals surface area contributed by atoms with Crippen LogP contribution in [0.4, 0.5) is 0 Å². The first kappa shape index (κ1) is 13.6. The zero-order valence-corrected chi connectivity index (χ0v) is 10.8. The molecule has 1 aromatic carbocycles. The summed E-state index contributed by atoms with van der Waals surface area (Å²) in [7, 11) is 0. The monoisotopic (exact) mass is 261 g/mol. The van der Waals surface area contributed by atoms with Crippen molar-refractivity contribution in [2.24, 2.45) is 5.92 Å². The molecular weight excluding hydrogens is 242 g/mol. The van der Waals surface area contributed by atoms with Crippen LogP contribution in [0.25, 0.3) is 0 Å². The van der Waals surface area contributed by atoms with Crippen LogP contribution in [0.3, 0.4) is 0 Å². The predicted molar refractivity (Wildman–Crippen MR) is 71.9 cm³/mol. The average Bonchev–Trinajstić information content (AvgIpc) is 2.65. The lowest BCUT2D eigenvalue weighted by Gasteiger charge is -2.22. The zero-order valence-electron chi connectivity index (χ0n) is 10.8. The van der Waals surface area contributed by atoms with Crippen LogP contribution in [0.1, 0.15) is 42.5 Å². The second kappa shape index (κ2) is 6.36. The van der Waals surface area contributed by atoms with Gasteiger partial charge in [0.05, 0.1) is 5.92 Å². The van der Waals surface area contributed by atoms with Crippen molar-refractivity contribution in [2.75, 3.05) is 0 Å². The van der Waals surface area contributed by atoms with Gasteiger partial charge in [-0.1, -0.05) is 37.5 Å². The molecule has 2 N–H and O–H groups in total. The van der Waals surface area contributed by atoms with E-state index in [2.05, 4.69) is 5.32 Å². The van der Waals surface area contributed by atoms with E-state index in [1.54, 1.807) is 24.3 Å². The molecule has 0 aromatic heterocycles. The third kappa shape index (κ3) is 3.56. The van der Waals surface area contributed by atoms with E-state index in [0.717, 1.165) is 25.7 Å². The Morgan fingerprint density at radius 2 is 1.74 bits per heavy atom. The van der Waals surface area contributed by atoms with Crippen molar-refractivity contribution < 1.29 is 14.7 Å². The molecule has 1 aliphatic rings. The SMILES string of the molecule is O=C(N[C@@H]1CCCCC[C@@H]1C(=O)O)c1ccccc1. The van der Waals surface area contributed by atoms with E-state index in [4.69, 9.17) is 0 Å². The molecule has 4 nitrogen and oxygen atoms in total. The highest BCUT2D eigenvalue weighted by Crippen LogP contribution is 2.24. The summed E-state index contributed by atoms with van der Waals surface area (Å²) in [5.41, 5.74) is 0.580. The fourth-order valence-electron chi connectivity index (χ4n) is 2.62. The van der Waals surface area contributed by atoms with Gasteiger partial charge in [-0.05, 0) is 25.0 Å². The lowest BCUT2D eigenvalue weighted by molar-refractivity contribution is -0.142. The standard InChI is InChI=1S/C15H19NO3/c17-14(11-7-3-1-4-8-11)16-13-10-6-2-5-9-12(13)15(18)19/h1,3-4,7-8,12-13H,2,5-6,9-10H2,(H,16,17)(H,18,19)/t12-,13+/m0/s1. The minimum absolute atomic E-state index is 0.182. The summed E-state index contributed by atoms with van der Waals surface area (Å²) in [6.07, 6.45) is 4.34. The summed E-state index contributed by atoms with van der Waals surface area (Å²) in [5.74, 6) is -1.45. The zero-order chi connectivity index (χ0) is 13.7. The summed E-state index contributed by atoms with van der Waals surface area (Å²) >= 11 is 0. The molecule has 0 bridgehead atoms. The van der Waals surface area contributed by atoms with Gasteiger partial charge in [0.15, 0.2) is 0 Å². The Hall–Kier alpha value is -1.84. The number of carboxylic acid groups (broad SMARTS) is 1. The summed E-state index contributed by atoms with van der Waals surface area (Å²) in [5, 5.41) is 12.2. The van der Waals surface area contributed by atoms with Gasteiger partial charge in [-0.3, -0.25) is 9.59 Å². The number of carbonyl (C=O) groups excluding carboxylic acids is 1. The maximum Gasteiger partial charge on any atom is 0.308 e. The number of hydrogen-bond acceptors (Lipinski definition) is 2. The second-order valence-electron chi connectivity index (χ2n) is 5.03. The van der Waals surface area contributed by atoms with Crippen molar-refractivity contribution in [1.82, 2.24) is 5.32 Å². The molecule has 0 unspecified atom stereocenters. The van der Waals surface area contributed by atoms with E-state index in [9.17, 15) is 14.7 Å². The topological polar surface area (TPSA) is 66.4 Å². The van der Waals surface area contributed by atoms with E-state index in [0.29, 0.717) is 12.0 Å². The Kier molecular flexibility index (Phi) is 4.55. The second-order valence-corrected chi connectivity index (χ2v) is 5.03. The molecule has 2 atom stereocenters. The highest BCUT2D eigenvalue weighted by atomic mass is 16.4. The molecule has 102 valence electrons. The van der Waals surface area contributed by atoms with Gasteiger partial charge in [-0.15, -0.1) is 0 Å². The van der Waals surface area contributed by atoms with Gasteiger partial charge in [-0.25, -0.2) is 0 Å². The first-order valence-corrected chi connectivity index (χ1v) is 6.77. The van der Waals surface area contributed by atoms with E-state index in [1.165, 1.54) is 0 Å². The van der Waals surface area contributed by atoms with Crippen LogP contribution in [0.2, 0.25) is 0 Å². The molecule has 0 heterocycles. The van der Waals surface area contributed by atoms with Crippen molar-refractivity contribution in [1.29, 1.82) is 0 Å². The smallest absolute Gasteiger partial charge is 0.308 e. The molecule has 0 aliphatic heterocycles. The van der Waals surface area contributed by atoms with E-state index < -0.39 is 11.9 Å². The number of aliphatic carboxylic acids is 1. The van der Waals surface area contributed by atoms with Crippen LogP contribution in [-0.4, -0.2) is 23.0 Å². The van der Waals surface area contributed by atoms with Gasteiger partial charge in [0.2, 0.25) is 0 Å². The van der Waals surface area contributed by atoms with Crippen LogP contribution in [-0.2, 0) is 4.79 Å². The minimum atomic E-state index is -0.805. The number of amides is 1. The molecule has 2 rings (SSSR count). The maximum absolute atomic E-state index is 12.1. The maximum atomic E-state index is 12.1. The highest BCUT2D eigenvalue weighted by molar-refractivity contribution is 5.94. The van der Waals surface area contributed by atoms with Gasteiger partial charge in [0.1, 0.15) is 0 Å². The molecule has 0 spiro atoms. The largest absolute Gasteiger partial charge is 0.481 e. The molecular formula is C15H19NO3. The van der Waals surface area contributed by atoms with Gasteiger partial charge < -0.3 is 10.4 Å². The third-order valence-electron chi connectivity index (χ3n) is 3.69. The van der Waals surface area contributed by atoms with E-state index in [-0.39, 0.29) is 11.9 Å². The Labute approximate surface area is 112 Å². The minimum Gasteiger partial charge on any atom is -0.481 e. The number of nitrogens with one attached hydrogen (secondary N) is 1. The van der Waals surface area contributed by atoms with Crippen molar-refractivity contribution in [3.8, 4) is 0 Å². The van der Waals surface area contributed by atoms with Crippen molar-refractivity contribution in [3.63, 3.8) is 0 Å². The fourth-order valence-corrected chi connectivity index (χ4v) is 2.62. The lowest BCUT2D eigenvalue weighted by Crippen LogP contribution is -2.42. The molecule has 1 saturated carbocycles. The summed E-state index contributed by atoms with van der Waals surface area (Å²) in [6.45, 7) is 0. The fraction of sp³-hybridized carbons (Fsp3) is 0.467. The van der Waals surface area contributed by atoms with Gasteiger partial charge in [-0.2, -0.15) is 0 Å². The Bertz CT molecular complexity index is 444. The van der Waals surface area contributed by atoms with Crippen LogP contribution in [0.15, 0.2) is 30.3 Å². The van der Waals surface area contributed by atoms with Crippen LogP contribution >= 0.6 is 0 Å². The summed E-state index contributed by atoms with van der Waals surface area (Å²) in [6, 6.07) is 8.67. The van der Waals surface area contributed by atoms with Crippen molar-refractivity contribution in [2.45, 2.75) is 38.1 Å². The number of benzene rings is 1. The molecule has 1 aliphatic carbocycles. The van der Waals surface area contributed by atoms with E-state index in [1.807, 2.05) is 6.07 Å². The number of hydrogen-bond donors (Lipinski definition) is 2. The molecule has 0 saturated heterocycles. The van der Waals surface area contributed by atoms with Crippen LogP contribution in [0, 0.1) is 5.92 Å². The first-order valence-electron chi connectivity index (χ1n) is 6.77. The average molecular weight is 261 g/mol. The molecule has 19 heavy (non-hydrogen) atoms. The molecule has 1 aromatic rings. The van der Waals surface area contributed by atoms with Crippen LogP contribution < -0.4 is 5.32 Å². The molecule has 1 fully saturated rings. The lowest BCUT2D eigenvalue weighted by atomic mass is 9.94. The summed E-state index contributed by atoms with van der Waals surface area (Å²) < 4.78 is 0. The van der Waals surface area contributed by atoms with Gasteiger partial charge >= 0.3 is 5.97 Å². The number of rotatable bonds is 3. The Morgan fingerprint density at radius 3 is 2.42 bits per heavy atom. The van der Waals surface area contributed by atoms with Crippen molar-refractivity contribution in [3.05, 3.63) is 35.9 Å². The predicted octanol–water partition coefficient (Wildman–Crippen LogP) is 2.45. The highest BCUT2D eigenvalue weighted by Gasteiger charge is 2.30. The Morgan fingerprint density at radius 1 is 1.05 bits per heavy atom. The normalized spacial score (nSPS) is 23.4. The van der Waals surface area contributed by atoms with Crippen molar-refractivity contribution >= 4 is 11.9 Å². The van der Waals surface area contributed by atoms with Gasteiger partial charge in [0, 0.05) is 11.6 Å². The first-order chi connectivity index (χ1) is 9.18. The van der Waals surface area contributed by atoms with E-state index >= 15 is 0 Å². The quantitative estimate of drug-likeness (QED) is 0.821. The number of carboxylic acids is 1. The van der Waals surface area contributed by atoms with Crippen LogP contribution in [0.5, 0.6) is 0 Å². The molecule has 0 radical (unpaired) electrons. The van der Waals surface area contributed by atoms with Gasteiger partial charge in [0.25, 0.3) is 5.91 Å².